The van der Waals surface area contributed by atoms with Crippen LogP contribution in [0.2, 0.25) is 0 Å². The molecule has 2 atom stereocenters. The number of anilines is 1. The van der Waals surface area contributed by atoms with E-state index in [4.69, 9.17) is 5.73 Å². The van der Waals surface area contributed by atoms with E-state index in [-0.39, 0.29) is 6.04 Å². The first-order valence-corrected chi connectivity index (χ1v) is 8.77. The highest BCUT2D eigenvalue weighted by Crippen LogP contribution is 2.26. The Kier molecular flexibility index (Phi) is 4.60. The van der Waals surface area contributed by atoms with Crippen LogP contribution < -0.4 is 10.5 Å². The maximum absolute atomic E-state index is 12.7. The van der Waals surface area contributed by atoms with E-state index in [1.807, 2.05) is 0 Å². The van der Waals surface area contributed by atoms with E-state index in [1.165, 1.54) is 0 Å². The average Bonchev–Trinajstić information content (AvgIpc) is 2.37. The molecule has 0 amide bonds. The number of hydrogen-bond donors (Lipinski definition) is 2. The molecule has 0 radical (unpaired) electrons. The number of hydrogen-bond acceptors (Lipinski definition) is 4. The highest BCUT2D eigenvalue weighted by molar-refractivity contribution is 7.89. The Bertz CT molecular complexity index is 628. The minimum absolute atomic E-state index is 0.0218. The van der Waals surface area contributed by atoms with Gasteiger partial charge in [0, 0.05) is 18.3 Å². The molecule has 6 heteroatoms. The van der Waals surface area contributed by atoms with Gasteiger partial charge in [-0.3, -0.25) is 0 Å². The van der Waals surface area contributed by atoms with Crippen molar-refractivity contribution in [2.24, 2.45) is 5.92 Å². The number of likely N-dealkylation sites (tertiary alicyclic amines) is 1. The van der Waals surface area contributed by atoms with Crippen molar-refractivity contribution in [2.45, 2.75) is 38.1 Å². The quantitative estimate of drug-likeness (QED) is 0.830. The summed E-state index contributed by atoms with van der Waals surface area (Å²) in [7, 11) is -1.48. The van der Waals surface area contributed by atoms with Crippen LogP contribution >= 0.6 is 0 Å². The maximum atomic E-state index is 12.7. The average molecular weight is 311 g/mol. The standard InChI is InChI=1S/C15H25N3O2S/c1-10-5-6-13(16)12(3)15(10)21(19,20)17-14-7-8-18(4)9-11(14)2/h5-6,11,14,17H,7-9,16H2,1-4H3. The summed E-state index contributed by atoms with van der Waals surface area (Å²) >= 11 is 0. The molecule has 1 saturated heterocycles. The predicted octanol–water partition coefficient (Wildman–Crippen LogP) is 1.50. The molecule has 1 aliphatic heterocycles. The monoisotopic (exact) mass is 311 g/mol. The molecule has 0 aromatic heterocycles. The van der Waals surface area contributed by atoms with Gasteiger partial charge in [-0.1, -0.05) is 13.0 Å². The first-order chi connectivity index (χ1) is 9.72. The lowest BCUT2D eigenvalue weighted by Crippen LogP contribution is -2.48. The zero-order valence-electron chi connectivity index (χ0n) is 13.2. The summed E-state index contributed by atoms with van der Waals surface area (Å²) in [4.78, 5) is 2.56. The Morgan fingerprint density at radius 3 is 2.62 bits per heavy atom. The van der Waals surface area contributed by atoms with Gasteiger partial charge in [0.1, 0.15) is 0 Å². The summed E-state index contributed by atoms with van der Waals surface area (Å²) in [6.45, 7) is 7.46. The van der Waals surface area contributed by atoms with Crippen molar-refractivity contribution in [1.82, 2.24) is 9.62 Å². The molecule has 0 saturated carbocycles. The number of piperidine rings is 1. The van der Waals surface area contributed by atoms with E-state index >= 15 is 0 Å². The highest BCUT2D eigenvalue weighted by Gasteiger charge is 2.30. The summed E-state index contributed by atoms with van der Waals surface area (Å²) in [5.74, 6) is 0.292. The number of sulfonamides is 1. The van der Waals surface area contributed by atoms with Gasteiger partial charge in [0.05, 0.1) is 4.90 Å². The van der Waals surface area contributed by atoms with Gasteiger partial charge in [-0.15, -0.1) is 0 Å². The zero-order valence-corrected chi connectivity index (χ0v) is 14.0. The van der Waals surface area contributed by atoms with Crippen LogP contribution in [0.15, 0.2) is 17.0 Å². The second kappa shape index (κ2) is 5.94. The number of nitrogen functional groups attached to an aromatic ring is 1. The van der Waals surface area contributed by atoms with Crippen molar-refractivity contribution in [2.75, 3.05) is 25.9 Å². The van der Waals surface area contributed by atoms with Crippen molar-refractivity contribution in [3.05, 3.63) is 23.3 Å². The molecule has 1 heterocycles. The fourth-order valence-corrected chi connectivity index (χ4v) is 4.92. The molecule has 1 fully saturated rings. The van der Waals surface area contributed by atoms with E-state index in [2.05, 4.69) is 23.6 Å². The summed E-state index contributed by atoms with van der Waals surface area (Å²) in [6, 6.07) is 3.49. The van der Waals surface area contributed by atoms with Gasteiger partial charge in [0.25, 0.3) is 0 Å². The molecular weight excluding hydrogens is 286 g/mol. The Hall–Kier alpha value is -1.11. The van der Waals surface area contributed by atoms with Crippen LogP contribution in [0.4, 0.5) is 5.69 Å². The van der Waals surface area contributed by atoms with Crippen molar-refractivity contribution in [3.8, 4) is 0 Å². The van der Waals surface area contributed by atoms with Crippen LogP contribution in [0.5, 0.6) is 0 Å². The Morgan fingerprint density at radius 1 is 1.33 bits per heavy atom. The van der Waals surface area contributed by atoms with Crippen LogP contribution in [0.1, 0.15) is 24.5 Å². The maximum Gasteiger partial charge on any atom is 0.241 e. The third-order valence-electron chi connectivity index (χ3n) is 4.33. The SMILES string of the molecule is Cc1ccc(N)c(C)c1S(=O)(=O)NC1CCN(C)CC1C. The number of rotatable bonds is 3. The van der Waals surface area contributed by atoms with Crippen LogP contribution in [0.3, 0.4) is 0 Å². The topological polar surface area (TPSA) is 75.4 Å². The van der Waals surface area contributed by atoms with Gasteiger partial charge >= 0.3 is 0 Å². The summed E-state index contributed by atoms with van der Waals surface area (Å²) in [5.41, 5.74) is 7.74. The fourth-order valence-electron chi connectivity index (χ4n) is 3.04. The molecule has 1 aliphatic rings. The van der Waals surface area contributed by atoms with Crippen molar-refractivity contribution >= 4 is 15.7 Å². The molecule has 0 aliphatic carbocycles. The third kappa shape index (κ3) is 3.39. The highest BCUT2D eigenvalue weighted by atomic mass is 32.2. The molecule has 2 rings (SSSR count). The van der Waals surface area contributed by atoms with Gasteiger partial charge in [-0.2, -0.15) is 0 Å². The molecule has 118 valence electrons. The number of nitrogens with two attached hydrogens (primary N) is 1. The van der Waals surface area contributed by atoms with Crippen molar-refractivity contribution < 1.29 is 8.42 Å². The van der Waals surface area contributed by atoms with Crippen LogP contribution in [-0.4, -0.2) is 39.5 Å². The van der Waals surface area contributed by atoms with Crippen LogP contribution in [0.25, 0.3) is 0 Å². The number of nitrogens with one attached hydrogen (secondary N) is 1. The normalized spacial score (nSPS) is 24.2. The third-order valence-corrected chi connectivity index (χ3v) is 6.11. The van der Waals surface area contributed by atoms with Gasteiger partial charge < -0.3 is 10.6 Å². The van der Waals surface area contributed by atoms with Gasteiger partial charge in [-0.05, 0) is 57.0 Å². The summed E-state index contributed by atoms with van der Waals surface area (Å²) in [5, 5.41) is 0. The molecule has 1 aromatic rings. The predicted molar refractivity (Wildman–Crippen MR) is 85.7 cm³/mol. The second-order valence-corrected chi connectivity index (χ2v) is 7.83. The second-order valence-electron chi connectivity index (χ2n) is 6.18. The van der Waals surface area contributed by atoms with Gasteiger partial charge in [0.15, 0.2) is 0 Å². The van der Waals surface area contributed by atoms with E-state index < -0.39 is 10.0 Å². The Labute approximate surface area is 127 Å². The lowest BCUT2D eigenvalue weighted by molar-refractivity contribution is 0.188. The number of nitrogens with zero attached hydrogens (tertiary/aromatic N) is 1. The van der Waals surface area contributed by atoms with E-state index in [1.54, 1.807) is 26.0 Å². The Morgan fingerprint density at radius 2 is 2.00 bits per heavy atom. The molecule has 21 heavy (non-hydrogen) atoms. The fraction of sp³-hybridized carbons (Fsp3) is 0.600. The van der Waals surface area contributed by atoms with Crippen molar-refractivity contribution in [3.63, 3.8) is 0 Å². The first kappa shape index (κ1) is 16.3. The first-order valence-electron chi connectivity index (χ1n) is 7.29. The van der Waals surface area contributed by atoms with E-state index in [0.717, 1.165) is 25.1 Å². The molecular formula is C15H25N3O2S. The van der Waals surface area contributed by atoms with Crippen molar-refractivity contribution in [1.29, 1.82) is 0 Å². The molecule has 1 aromatic carbocycles. The lowest BCUT2D eigenvalue weighted by Gasteiger charge is -2.35. The molecule has 2 unspecified atom stereocenters. The largest absolute Gasteiger partial charge is 0.398 e. The minimum Gasteiger partial charge on any atom is -0.398 e. The molecule has 5 nitrogen and oxygen atoms in total. The number of benzene rings is 1. The lowest BCUT2D eigenvalue weighted by atomic mass is 9.95. The van der Waals surface area contributed by atoms with Crippen LogP contribution in [0, 0.1) is 19.8 Å². The zero-order chi connectivity index (χ0) is 15.8. The number of aryl methyl sites for hydroxylation is 1. The Balaban J connectivity index is 2.29. The van der Waals surface area contributed by atoms with Crippen LogP contribution in [-0.2, 0) is 10.0 Å². The molecule has 3 N–H and O–H groups in total. The summed E-state index contributed by atoms with van der Waals surface area (Å²) in [6.07, 6.45) is 0.831. The molecule has 0 spiro atoms. The summed E-state index contributed by atoms with van der Waals surface area (Å²) < 4.78 is 28.4. The van der Waals surface area contributed by atoms with Gasteiger partial charge in [-0.25, -0.2) is 13.1 Å². The van der Waals surface area contributed by atoms with Gasteiger partial charge in [0.2, 0.25) is 10.0 Å². The minimum atomic E-state index is -3.54. The van der Waals surface area contributed by atoms with E-state index in [9.17, 15) is 8.42 Å². The smallest absolute Gasteiger partial charge is 0.241 e. The van der Waals surface area contributed by atoms with E-state index in [0.29, 0.717) is 22.1 Å². The molecule has 0 bridgehead atoms.